The van der Waals surface area contributed by atoms with E-state index in [1.165, 1.54) is 0 Å². The fraction of sp³-hybridized carbons (Fsp3) is 0.357. The second kappa shape index (κ2) is 7.35. The van der Waals surface area contributed by atoms with Gasteiger partial charge in [-0.1, -0.05) is 30.3 Å². The third-order valence-electron chi connectivity index (χ3n) is 3.14. The molecule has 2 aromatic rings. The van der Waals surface area contributed by atoms with E-state index in [2.05, 4.69) is 20.2 Å². The minimum Gasteiger partial charge on any atom is -0.311 e. The summed E-state index contributed by atoms with van der Waals surface area (Å²) in [6, 6.07) is 9.46. The van der Waals surface area contributed by atoms with Gasteiger partial charge in [0, 0.05) is 30.9 Å². The highest BCUT2D eigenvalue weighted by molar-refractivity contribution is 7.89. The van der Waals surface area contributed by atoms with E-state index < -0.39 is 10.0 Å². The number of aromatic nitrogens is 2. The maximum absolute atomic E-state index is 11.9. The summed E-state index contributed by atoms with van der Waals surface area (Å²) in [6.45, 7) is 3.26. The third-order valence-corrected chi connectivity index (χ3v) is 4.46. The van der Waals surface area contributed by atoms with Crippen molar-refractivity contribution in [1.29, 1.82) is 0 Å². The maximum atomic E-state index is 11.9. The number of aromatic amines is 1. The number of hydrogen-bond donors (Lipinski definition) is 3. The molecule has 0 aliphatic heterocycles. The van der Waals surface area contributed by atoms with E-state index >= 15 is 0 Å². The minimum atomic E-state index is -3.27. The quantitative estimate of drug-likeness (QED) is 0.633. The highest BCUT2D eigenvalue weighted by Crippen LogP contribution is 2.01. The number of rotatable bonds is 8. The molecular formula is C14H20N4O2S. The fourth-order valence-corrected chi connectivity index (χ4v) is 2.79. The molecule has 114 valence electrons. The normalized spacial score (nSPS) is 11.7. The minimum absolute atomic E-state index is 0.0523. The van der Waals surface area contributed by atoms with Crippen LogP contribution in [0.2, 0.25) is 0 Å². The molecule has 0 bridgehead atoms. The number of nitrogens with zero attached hydrogens (tertiary/aromatic N) is 1. The van der Waals surface area contributed by atoms with Crippen LogP contribution in [0.3, 0.4) is 0 Å². The summed E-state index contributed by atoms with van der Waals surface area (Å²) in [6.07, 6.45) is 1.74. The topological polar surface area (TPSA) is 86.9 Å². The largest absolute Gasteiger partial charge is 0.311 e. The molecule has 1 aromatic heterocycles. The summed E-state index contributed by atoms with van der Waals surface area (Å²) < 4.78 is 26.3. The van der Waals surface area contributed by atoms with Gasteiger partial charge in [-0.05, 0) is 12.5 Å². The van der Waals surface area contributed by atoms with E-state index in [1.54, 1.807) is 6.20 Å². The molecule has 0 saturated carbocycles. The van der Waals surface area contributed by atoms with Crippen molar-refractivity contribution in [3.8, 4) is 0 Å². The van der Waals surface area contributed by atoms with E-state index in [0.29, 0.717) is 19.6 Å². The molecule has 0 unspecified atom stereocenters. The molecule has 6 nitrogen and oxygen atoms in total. The van der Waals surface area contributed by atoms with Crippen LogP contribution in [0.1, 0.15) is 16.8 Å². The Morgan fingerprint density at radius 3 is 2.62 bits per heavy atom. The van der Waals surface area contributed by atoms with Crippen LogP contribution in [0.25, 0.3) is 0 Å². The molecule has 1 aromatic carbocycles. The van der Waals surface area contributed by atoms with Crippen molar-refractivity contribution < 1.29 is 8.42 Å². The first-order valence-electron chi connectivity index (χ1n) is 6.78. The highest BCUT2D eigenvalue weighted by Gasteiger charge is 2.09. The number of nitrogens with one attached hydrogen (secondary N) is 3. The van der Waals surface area contributed by atoms with Crippen molar-refractivity contribution in [3.63, 3.8) is 0 Å². The zero-order chi connectivity index (χ0) is 15.1. The van der Waals surface area contributed by atoms with Crippen LogP contribution in [0.4, 0.5) is 0 Å². The van der Waals surface area contributed by atoms with Crippen LogP contribution < -0.4 is 10.0 Å². The Morgan fingerprint density at radius 2 is 1.95 bits per heavy atom. The van der Waals surface area contributed by atoms with Gasteiger partial charge in [-0.25, -0.2) is 13.1 Å². The molecule has 0 atom stereocenters. The number of hydrogen-bond acceptors (Lipinski definition) is 4. The van der Waals surface area contributed by atoms with E-state index in [1.807, 2.05) is 37.3 Å². The SMILES string of the molecule is Cc1[nH]ncc1CNCCS(=O)(=O)NCc1ccccc1. The van der Waals surface area contributed by atoms with Crippen molar-refractivity contribution in [2.45, 2.75) is 20.0 Å². The molecule has 0 saturated heterocycles. The van der Waals surface area contributed by atoms with Crippen molar-refractivity contribution in [1.82, 2.24) is 20.2 Å². The first-order chi connectivity index (χ1) is 10.1. The Bertz CT molecular complexity index is 653. The summed E-state index contributed by atoms with van der Waals surface area (Å²) in [5.74, 6) is 0.0523. The van der Waals surface area contributed by atoms with Crippen molar-refractivity contribution in [3.05, 3.63) is 53.3 Å². The number of aryl methyl sites for hydroxylation is 1. The monoisotopic (exact) mass is 308 g/mol. The Labute approximate surface area is 125 Å². The summed E-state index contributed by atoms with van der Waals surface area (Å²) in [7, 11) is -3.27. The van der Waals surface area contributed by atoms with Gasteiger partial charge in [0.15, 0.2) is 0 Å². The molecule has 0 spiro atoms. The second-order valence-corrected chi connectivity index (χ2v) is 6.75. The Kier molecular flexibility index (Phi) is 5.49. The van der Waals surface area contributed by atoms with Gasteiger partial charge < -0.3 is 5.32 Å². The number of H-pyrrole nitrogens is 1. The van der Waals surface area contributed by atoms with Crippen LogP contribution in [-0.2, 0) is 23.1 Å². The Morgan fingerprint density at radius 1 is 1.19 bits per heavy atom. The molecule has 0 aliphatic carbocycles. The predicted octanol–water partition coefficient (Wildman–Crippen LogP) is 0.927. The summed E-state index contributed by atoms with van der Waals surface area (Å²) >= 11 is 0. The average Bonchev–Trinajstić information content (AvgIpc) is 2.88. The van der Waals surface area contributed by atoms with Crippen molar-refractivity contribution >= 4 is 10.0 Å². The van der Waals surface area contributed by atoms with Crippen molar-refractivity contribution in [2.24, 2.45) is 0 Å². The van der Waals surface area contributed by atoms with E-state index in [0.717, 1.165) is 16.8 Å². The second-order valence-electron chi connectivity index (χ2n) is 4.82. The van der Waals surface area contributed by atoms with E-state index in [4.69, 9.17) is 0 Å². The van der Waals surface area contributed by atoms with Gasteiger partial charge >= 0.3 is 0 Å². The Hall–Kier alpha value is -1.70. The first kappa shape index (κ1) is 15.7. The third kappa shape index (κ3) is 5.30. The molecule has 0 aliphatic rings. The molecule has 2 rings (SSSR count). The molecule has 0 fully saturated rings. The lowest BCUT2D eigenvalue weighted by Gasteiger charge is -2.07. The van der Waals surface area contributed by atoms with Gasteiger partial charge in [0.25, 0.3) is 0 Å². The van der Waals surface area contributed by atoms with E-state index in [-0.39, 0.29) is 5.75 Å². The predicted molar refractivity (Wildman–Crippen MR) is 82.1 cm³/mol. The zero-order valence-corrected chi connectivity index (χ0v) is 12.8. The van der Waals surface area contributed by atoms with Gasteiger partial charge in [0.2, 0.25) is 10.0 Å². The van der Waals surface area contributed by atoms with Crippen LogP contribution in [0, 0.1) is 6.92 Å². The lowest BCUT2D eigenvalue weighted by atomic mass is 10.2. The summed E-state index contributed by atoms with van der Waals surface area (Å²) in [4.78, 5) is 0. The van der Waals surface area contributed by atoms with E-state index in [9.17, 15) is 8.42 Å². The summed E-state index contributed by atoms with van der Waals surface area (Å²) in [5.41, 5.74) is 2.99. The number of benzene rings is 1. The molecule has 0 amide bonds. The molecule has 1 heterocycles. The zero-order valence-electron chi connectivity index (χ0n) is 12.0. The Balaban J connectivity index is 1.70. The van der Waals surface area contributed by atoms with Crippen LogP contribution in [0.15, 0.2) is 36.5 Å². The van der Waals surface area contributed by atoms with Crippen LogP contribution >= 0.6 is 0 Å². The molecule has 21 heavy (non-hydrogen) atoms. The average molecular weight is 308 g/mol. The van der Waals surface area contributed by atoms with Gasteiger partial charge in [0.1, 0.15) is 0 Å². The van der Waals surface area contributed by atoms with Crippen LogP contribution in [0.5, 0.6) is 0 Å². The smallest absolute Gasteiger partial charge is 0.213 e. The van der Waals surface area contributed by atoms with Gasteiger partial charge in [-0.3, -0.25) is 5.10 Å². The molecule has 0 radical (unpaired) electrons. The first-order valence-corrected chi connectivity index (χ1v) is 8.43. The standard InChI is InChI=1S/C14H20N4O2S/c1-12-14(11-16-18-12)10-15-7-8-21(19,20)17-9-13-5-3-2-4-6-13/h2-6,11,15,17H,7-10H2,1H3,(H,16,18). The molecule has 3 N–H and O–H groups in total. The number of sulfonamides is 1. The lowest BCUT2D eigenvalue weighted by Crippen LogP contribution is -2.31. The van der Waals surface area contributed by atoms with Crippen LogP contribution in [-0.4, -0.2) is 30.9 Å². The van der Waals surface area contributed by atoms with Gasteiger partial charge in [0.05, 0.1) is 11.9 Å². The molecule has 7 heteroatoms. The molecular weight excluding hydrogens is 288 g/mol. The maximum Gasteiger partial charge on any atom is 0.213 e. The van der Waals surface area contributed by atoms with Gasteiger partial charge in [-0.2, -0.15) is 5.10 Å². The highest BCUT2D eigenvalue weighted by atomic mass is 32.2. The summed E-state index contributed by atoms with van der Waals surface area (Å²) in [5, 5.41) is 9.86. The van der Waals surface area contributed by atoms with Gasteiger partial charge in [-0.15, -0.1) is 0 Å². The lowest BCUT2D eigenvalue weighted by molar-refractivity contribution is 0.576. The fourth-order valence-electron chi connectivity index (χ4n) is 1.84. The van der Waals surface area contributed by atoms with Crippen molar-refractivity contribution in [2.75, 3.05) is 12.3 Å².